The maximum absolute atomic E-state index is 11.8. The molecule has 0 unspecified atom stereocenters. The summed E-state index contributed by atoms with van der Waals surface area (Å²) in [6.45, 7) is 7.10. The maximum atomic E-state index is 11.8. The second-order valence-electron chi connectivity index (χ2n) is 4.33. The highest BCUT2D eigenvalue weighted by Gasteiger charge is 2.35. The molecule has 0 aliphatic rings. The molecule has 0 aromatic heterocycles. The Hall–Kier alpha value is -0.610. The van der Waals surface area contributed by atoms with Crippen LogP contribution in [-0.2, 0) is 14.3 Å². The van der Waals surface area contributed by atoms with Gasteiger partial charge in [0.2, 0.25) is 5.91 Å². The first-order valence-corrected chi connectivity index (χ1v) is 5.29. The molecule has 0 aliphatic carbocycles. The second-order valence-corrected chi connectivity index (χ2v) is 4.33. The van der Waals surface area contributed by atoms with Gasteiger partial charge in [0.1, 0.15) is 6.10 Å². The SMILES string of the molecule is CCCNC(=O)[C@H](OC)C(C)(C)COC. The highest BCUT2D eigenvalue weighted by atomic mass is 16.5. The van der Waals surface area contributed by atoms with Gasteiger partial charge in [-0.15, -0.1) is 0 Å². The van der Waals surface area contributed by atoms with Gasteiger partial charge >= 0.3 is 0 Å². The first-order valence-electron chi connectivity index (χ1n) is 5.29. The summed E-state index contributed by atoms with van der Waals surface area (Å²) in [6, 6.07) is 0. The third-order valence-electron chi connectivity index (χ3n) is 2.25. The van der Waals surface area contributed by atoms with E-state index in [1.54, 1.807) is 14.2 Å². The summed E-state index contributed by atoms with van der Waals surface area (Å²) in [4.78, 5) is 11.8. The average Bonchev–Trinajstić information content (AvgIpc) is 2.15. The topological polar surface area (TPSA) is 47.6 Å². The fourth-order valence-corrected chi connectivity index (χ4v) is 1.57. The minimum atomic E-state index is -0.469. The molecule has 0 saturated carbocycles. The maximum Gasteiger partial charge on any atom is 0.249 e. The predicted molar refractivity (Wildman–Crippen MR) is 59.8 cm³/mol. The Morgan fingerprint density at radius 1 is 1.40 bits per heavy atom. The molecular weight excluding hydrogens is 194 g/mol. The van der Waals surface area contributed by atoms with E-state index >= 15 is 0 Å². The fraction of sp³-hybridized carbons (Fsp3) is 0.909. The highest BCUT2D eigenvalue weighted by molar-refractivity contribution is 5.81. The zero-order chi connectivity index (χ0) is 11.9. The molecule has 0 fully saturated rings. The van der Waals surface area contributed by atoms with Gasteiger partial charge in [-0.25, -0.2) is 0 Å². The first-order chi connectivity index (χ1) is 6.99. The van der Waals surface area contributed by atoms with Crippen molar-refractivity contribution in [3.63, 3.8) is 0 Å². The van der Waals surface area contributed by atoms with Crippen molar-refractivity contribution in [3.8, 4) is 0 Å². The van der Waals surface area contributed by atoms with E-state index in [1.165, 1.54) is 0 Å². The lowest BCUT2D eigenvalue weighted by Gasteiger charge is -2.31. The van der Waals surface area contributed by atoms with E-state index in [4.69, 9.17) is 9.47 Å². The average molecular weight is 217 g/mol. The molecule has 1 amide bonds. The molecule has 0 aromatic rings. The molecule has 0 aliphatic heterocycles. The Kier molecular flexibility index (Phi) is 6.52. The molecule has 15 heavy (non-hydrogen) atoms. The molecule has 0 bridgehead atoms. The lowest BCUT2D eigenvalue weighted by Crippen LogP contribution is -2.47. The lowest BCUT2D eigenvalue weighted by molar-refractivity contribution is -0.140. The molecule has 0 spiro atoms. The van der Waals surface area contributed by atoms with Gasteiger partial charge in [0.25, 0.3) is 0 Å². The number of carbonyl (C=O) groups excluding carboxylic acids is 1. The molecule has 4 nitrogen and oxygen atoms in total. The standard InChI is InChI=1S/C11H23NO3/c1-6-7-12-10(13)9(15-5)11(2,3)8-14-4/h9H,6-8H2,1-5H3,(H,12,13)/t9-/m0/s1. The number of hydrogen-bond donors (Lipinski definition) is 1. The van der Waals surface area contributed by atoms with E-state index in [9.17, 15) is 4.79 Å². The quantitative estimate of drug-likeness (QED) is 0.697. The number of hydrogen-bond acceptors (Lipinski definition) is 3. The van der Waals surface area contributed by atoms with Gasteiger partial charge in [0, 0.05) is 26.2 Å². The minimum Gasteiger partial charge on any atom is -0.384 e. The van der Waals surface area contributed by atoms with Gasteiger partial charge in [-0.1, -0.05) is 20.8 Å². The molecule has 0 rings (SSSR count). The molecule has 0 heterocycles. The van der Waals surface area contributed by atoms with E-state index in [1.807, 2.05) is 20.8 Å². The van der Waals surface area contributed by atoms with Gasteiger partial charge < -0.3 is 14.8 Å². The van der Waals surface area contributed by atoms with Crippen LogP contribution in [0.15, 0.2) is 0 Å². The van der Waals surface area contributed by atoms with Crippen LogP contribution in [-0.4, -0.2) is 39.4 Å². The molecule has 0 aromatic carbocycles. The largest absolute Gasteiger partial charge is 0.384 e. The van der Waals surface area contributed by atoms with Crippen molar-refractivity contribution in [3.05, 3.63) is 0 Å². The van der Waals surface area contributed by atoms with Crippen molar-refractivity contribution in [2.75, 3.05) is 27.4 Å². The van der Waals surface area contributed by atoms with Crippen LogP contribution in [0.5, 0.6) is 0 Å². The summed E-state index contributed by atoms with van der Waals surface area (Å²) in [5, 5.41) is 2.83. The Balaban J connectivity index is 4.38. The number of nitrogens with one attached hydrogen (secondary N) is 1. The predicted octanol–water partition coefficient (Wildman–Crippen LogP) is 1.20. The summed E-state index contributed by atoms with van der Waals surface area (Å²) in [6.07, 6.45) is 0.455. The van der Waals surface area contributed by atoms with Crippen LogP contribution in [0.4, 0.5) is 0 Å². The van der Waals surface area contributed by atoms with Crippen molar-refractivity contribution in [1.29, 1.82) is 0 Å². The third-order valence-corrected chi connectivity index (χ3v) is 2.25. The van der Waals surface area contributed by atoms with Gasteiger partial charge in [0.05, 0.1) is 6.61 Å². The van der Waals surface area contributed by atoms with Crippen LogP contribution >= 0.6 is 0 Å². The molecule has 0 radical (unpaired) electrons. The minimum absolute atomic E-state index is 0.0681. The zero-order valence-electron chi connectivity index (χ0n) is 10.4. The van der Waals surface area contributed by atoms with Crippen LogP contribution in [0, 0.1) is 5.41 Å². The molecule has 1 N–H and O–H groups in total. The van der Waals surface area contributed by atoms with E-state index in [-0.39, 0.29) is 11.3 Å². The van der Waals surface area contributed by atoms with Crippen molar-refractivity contribution >= 4 is 5.91 Å². The monoisotopic (exact) mass is 217 g/mol. The summed E-state index contributed by atoms with van der Waals surface area (Å²) in [5.74, 6) is -0.0681. The number of rotatable bonds is 7. The van der Waals surface area contributed by atoms with Crippen LogP contribution in [0.25, 0.3) is 0 Å². The van der Waals surface area contributed by atoms with Crippen molar-refractivity contribution in [2.24, 2.45) is 5.41 Å². The summed E-state index contributed by atoms with van der Waals surface area (Å²) in [5.41, 5.74) is -0.318. The highest BCUT2D eigenvalue weighted by Crippen LogP contribution is 2.23. The zero-order valence-corrected chi connectivity index (χ0v) is 10.4. The number of amides is 1. The third kappa shape index (κ3) is 4.62. The van der Waals surface area contributed by atoms with Crippen LogP contribution in [0.1, 0.15) is 27.2 Å². The van der Waals surface area contributed by atoms with Crippen LogP contribution in [0.3, 0.4) is 0 Å². The van der Waals surface area contributed by atoms with Crippen molar-refractivity contribution in [1.82, 2.24) is 5.32 Å². The van der Waals surface area contributed by atoms with Gasteiger partial charge in [-0.2, -0.15) is 0 Å². The number of carbonyl (C=O) groups is 1. The molecule has 1 atom stereocenters. The summed E-state index contributed by atoms with van der Waals surface area (Å²) >= 11 is 0. The van der Waals surface area contributed by atoms with Gasteiger partial charge in [-0.3, -0.25) is 4.79 Å². The normalized spacial score (nSPS) is 13.7. The first kappa shape index (κ1) is 14.4. The second kappa shape index (κ2) is 6.80. The fourth-order valence-electron chi connectivity index (χ4n) is 1.57. The smallest absolute Gasteiger partial charge is 0.249 e. The molecule has 0 saturated heterocycles. The summed E-state index contributed by atoms with van der Waals surface area (Å²) in [7, 11) is 3.17. The number of ether oxygens (including phenoxy) is 2. The van der Waals surface area contributed by atoms with E-state index < -0.39 is 6.10 Å². The van der Waals surface area contributed by atoms with Crippen LogP contribution < -0.4 is 5.32 Å². The van der Waals surface area contributed by atoms with E-state index in [2.05, 4.69) is 5.32 Å². The van der Waals surface area contributed by atoms with Crippen molar-refractivity contribution < 1.29 is 14.3 Å². The Labute approximate surface area is 92.3 Å². The van der Waals surface area contributed by atoms with Crippen LogP contribution in [0.2, 0.25) is 0 Å². The Bertz CT molecular complexity index is 192. The lowest BCUT2D eigenvalue weighted by atomic mass is 9.86. The molecular formula is C11H23NO3. The number of methoxy groups -OCH3 is 2. The van der Waals surface area contributed by atoms with Gasteiger partial charge in [0.15, 0.2) is 0 Å². The van der Waals surface area contributed by atoms with E-state index in [0.717, 1.165) is 6.42 Å². The summed E-state index contributed by atoms with van der Waals surface area (Å²) < 4.78 is 10.3. The van der Waals surface area contributed by atoms with E-state index in [0.29, 0.717) is 13.2 Å². The Morgan fingerprint density at radius 3 is 2.40 bits per heavy atom. The molecule has 4 heteroatoms. The molecule has 90 valence electrons. The Morgan fingerprint density at radius 2 is 2.00 bits per heavy atom. The van der Waals surface area contributed by atoms with Gasteiger partial charge in [-0.05, 0) is 6.42 Å². The van der Waals surface area contributed by atoms with Crippen molar-refractivity contribution in [2.45, 2.75) is 33.3 Å².